The summed E-state index contributed by atoms with van der Waals surface area (Å²) in [6.07, 6.45) is 12.5. The van der Waals surface area contributed by atoms with Crippen molar-refractivity contribution in [1.29, 1.82) is 0 Å². The van der Waals surface area contributed by atoms with Crippen LogP contribution in [0.15, 0.2) is 0 Å². The Morgan fingerprint density at radius 3 is 2.41 bits per heavy atom. The highest BCUT2D eigenvalue weighted by Gasteiger charge is 2.76. The fourth-order valence-corrected chi connectivity index (χ4v) is 8.95. The second-order valence-corrected chi connectivity index (χ2v) is 11.1. The lowest BCUT2D eigenvalue weighted by molar-refractivity contribution is -0.165. The van der Waals surface area contributed by atoms with Gasteiger partial charge in [0.05, 0.1) is 12.2 Å². The molecule has 5 fully saturated rings. The topological polar surface area (TPSA) is 46.5 Å². The average Bonchev–Trinajstić information content (AvgIpc) is 3.32. The fourth-order valence-electron chi connectivity index (χ4n) is 8.95. The molecule has 0 saturated heterocycles. The van der Waals surface area contributed by atoms with Gasteiger partial charge in [0.1, 0.15) is 5.78 Å². The zero-order chi connectivity index (χ0) is 19.0. The van der Waals surface area contributed by atoms with E-state index in [2.05, 4.69) is 13.8 Å². The Morgan fingerprint density at radius 2 is 1.70 bits per heavy atom. The standard InChI is InChI=1S/C24H38O3/c1-15-21(26)22(2,16-7-5-4-6-8-16)14-19(25)24-13-17(24)9-11-23(15)12-10-18(27-3)20(23)24/h15-20,25H,4-14H2,1-3H3/t15-,17-,18+,19+,20?,22-,23?,24-/m0/s1. The number of ketones is 1. The SMILES string of the molecule is CO[C@@H]1CCC23CC[C@H]4C[C@@]4(C12)[C@H](O)C[C@@](C)(C1CCCCC1)C(=O)[C@@H]3C. The summed E-state index contributed by atoms with van der Waals surface area (Å²) in [5.74, 6) is 2.11. The number of rotatable bonds is 2. The number of ether oxygens (including phenoxy) is 1. The molecule has 0 aromatic carbocycles. The van der Waals surface area contributed by atoms with E-state index in [-0.39, 0.29) is 34.4 Å². The third-order valence-corrected chi connectivity index (χ3v) is 10.5. The second-order valence-electron chi connectivity index (χ2n) is 11.1. The third-order valence-electron chi connectivity index (χ3n) is 10.5. The highest BCUT2D eigenvalue weighted by molar-refractivity contribution is 5.88. The largest absolute Gasteiger partial charge is 0.392 e. The van der Waals surface area contributed by atoms with Crippen molar-refractivity contribution in [3.8, 4) is 0 Å². The third kappa shape index (κ3) is 2.25. The van der Waals surface area contributed by atoms with Crippen molar-refractivity contribution in [3.63, 3.8) is 0 Å². The predicted molar refractivity (Wildman–Crippen MR) is 105 cm³/mol. The van der Waals surface area contributed by atoms with Gasteiger partial charge in [0.25, 0.3) is 0 Å². The molecule has 3 heteroatoms. The van der Waals surface area contributed by atoms with Crippen molar-refractivity contribution in [2.24, 2.45) is 39.9 Å². The van der Waals surface area contributed by atoms with Gasteiger partial charge in [-0.2, -0.15) is 0 Å². The molecule has 0 amide bonds. The van der Waals surface area contributed by atoms with Crippen LogP contribution >= 0.6 is 0 Å². The number of carbonyl (C=O) groups is 1. The van der Waals surface area contributed by atoms with E-state index in [9.17, 15) is 9.90 Å². The molecule has 27 heavy (non-hydrogen) atoms. The van der Waals surface area contributed by atoms with Gasteiger partial charge in [-0.15, -0.1) is 0 Å². The van der Waals surface area contributed by atoms with Gasteiger partial charge in [0.2, 0.25) is 0 Å². The Kier molecular flexibility index (Phi) is 4.17. The molecule has 0 aliphatic heterocycles. The van der Waals surface area contributed by atoms with Crippen LogP contribution in [0.3, 0.4) is 0 Å². The molecular formula is C24H38O3. The fraction of sp³-hybridized carbons (Fsp3) is 0.958. The van der Waals surface area contributed by atoms with Crippen molar-refractivity contribution in [1.82, 2.24) is 0 Å². The van der Waals surface area contributed by atoms with E-state index in [1.165, 1.54) is 51.4 Å². The van der Waals surface area contributed by atoms with Crippen LogP contribution < -0.4 is 0 Å². The maximum Gasteiger partial charge on any atom is 0.142 e. The summed E-state index contributed by atoms with van der Waals surface area (Å²) in [6, 6.07) is 0. The molecule has 0 radical (unpaired) electrons. The average molecular weight is 375 g/mol. The van der Waals surface area contributed by atoms with Gasteiger partial charge in [-0.25, -0.2) is 0 Å². The monoisotopic (exact) mass is 374 g/mol. The zero-order valence-electron chi connectivity index (χ0n) is 17.5. The highest BCUT2D eigenvalue weighted by Crippen LogP contribution is 2.78. The summed E-state index contributed by atoms with van der Waals surface area (Å²) < 4.78 is 5.98. The number of carbonyl (C=O) groups excluding carboxylic acids is 1. The lowest BCUT2D eigenvalue weighted by atomic mass is 9.48. The molecule has 3 nitrogen and oxygen atoms in total. The number of aliphatic hydroxyl groups excluding tert-OH is 1. The van der Waals surface area contributed by atoms with Crippen LogP contribution in [0, 0.1) is 39.9 Å². The molecule has 5 aliphatic rings. The molecule has 5 saturated carbocycles. The first kappa shape index (κ1) is 18.6. The van der Waals surface area contributed by atoms with Crippen LogP contribution in [0.5, 0.6) is 0 Å². The Morgan fingerprint density at radius 1 is 1.00 bits per heavy atom. The lowest BCUT2D eigenvalue weighted by Crippen LogP contribution is -2.58. The van der Waals surface area contributed by atoms with Crippen molar-refractivity contribution >= 4 is 5.78 Å². The molecule has 0 heterocycles. The molecule has 0 aromatic heterocycles. The second kappa shape index (κ2) is 6.05. The Bertz CT molecular complexity index is 625. The van der Waals surface area contributed by atoms with Crippen molar-refractivity contribution in [3.05, 3.63) is 0 Å². The van der Waals surface area contributed by atoms with Crippen LogP contribution in [0.2, 0.25) is 0 Å². The molecule has 2 bridgehead atoms. The van der Waals surface area contributed by atoms with E-state index in [1.807, 2.05) is 7.11 Å². The summed E-state index contributed by atoms with van der Waals surface area (Å²) in [6.45, 7) is 4.48. The summed E-state index contributed by atoms with van der Waals surface area (Å²) in [4.78, 5) is 14.1. The van der Waals surface area contributed by atoms with Gasteiger partial charge in [-0.3, -0.25) is 4.79 Å². The number of aliphatic hydroxyl groups is 1. The van der Waals surface area contributed by atoms with Gasteiger partial charge in [-0.1, -0.05) is 33.1 Å². The van der Waals surface area contributed by atoms with Crippen LogP contribution in [-0.4, -0.2) is 30.2 Å². The van der Waals surface area contributed by atoms with E-state index in [4.69, 9.17) is 4.74 Å². The Hall–Kier alpha value is -0.410. The molecule has 8 atom stereocenters. The zero-order valence-corrected chi connectivity index (χ0v) is 17.5. The van der Waals surface area contributed by atoms with Crippen LogP contribution in [0.25, 0.3) is 0 Å². The van der Waals surface area contributed by atoms with Gasteiger partial charge in [0, 0.05) is 23.9 Å². The van der Waals surface area contributed by atoms with Gasteiger partial charge >= 0.3 is 0 Å². The first-order chi connectivity index (χ1) is 12.9. The van der Waals surface area contributed by atoms with Gasteiger partial charge in [-0.05, 0) is 74.5 Å². The summed E-state index contributed by atoms with van der Waals surface area (Å²) >= 11 is 0. The lowest BCUT2D eigenvalue weighted by Gasteiger charge is -2.56. The number of hydrogen-bond donors (Lipinski definition) is 1. The van der Waals surface area contributed by atoms with Gasteiger partial charge < -0.3 is 9.84 Å². The normalized spacial score (nSPS) is 55.4. The molecule has 1 N–H and O–H groups in total. The molecular weight excluding hydrogens is 336 g/mol. The highest BCUT2D eigenvalue weighted by atomic mass is 16.5. The minimum atomic E-state index is -0.333. The molecule has 5 rings (SSSR count). The maximum absolute atomic E-state index is 14.1. The molecule has 152 valence electrons. The van der Waals surface area contributed by atoms with Crippen LogP contribution in [-0.2, 0) is 9.53 Å². The van der Waals surface area contributed by atoms with E-state index in [0.29, 0.717) is 30.0 Å². The Labute approximate surface area is 164 Å². The summed E-state index contributed by atoms with van der Waals surface area (Å²) in [7, 11) is 1.84. The van der Waals surface area contributed by atoms with E-state index in [0.717, 1.165) is 12.8 Å². The first-order valence-electron chi connectivity index (χ1n) is 11.7. The van der Waals surface area contributed by atoms with E-state index >= 15 is 0 Å². The smallest absolute Gasteiger partial charge is 0.142 e. The van der Waals surface area contributed by atoms with Gasteiger partial charge in [0.15, 0.2) is 0 Å². The molecule has 0 aromatic rings. The van der Waals surface area contributed by atoms with E-state index in [1.54, 1.807) is 0 Å². The minimum Gasteiger partial charge on any atom is -0.392 e. The van der Waals surface area contributed by atoms with Crippen LogP contribution in [0.1, 0.15) is 84.5 Å². The van der Waals surface area contributed by atoms with Crippen molar-refractivity contribution in [2.45, 2.75) is 96.7 Å². The minimum absolute atomic E-state index is 0.0420. The summed E-state index contributed by atoms with van der Waals surface area (Å²) in [5, 5.41) is 11.6. The predicted octanol–water partition coefficient (Wildman–Crippen LogP) is 4.75. The number of methoxy groups -OCH3 is 1. The van der Waals surface area contributed by atoms with Crippen LogP contribution in [0.4, 0.5) is 0 Å². The quantitative estimate of drug-likeness (QED) is 0.758. The number of Topliss-reactive ketones (excluding diaryl/α,β-unsaturated/α-hetero) is 1. The molecule has 2 unspecified atom stereocenters. The molecule has 1 spiro atoms. The maximum atomic E-state index is 14.1. The Balaban J connectivity index is 1.60. The van der Waals surface area contributed by atoms with Crippen molar-refractivity contribution < 1.29 is 14.6 Å². The first-order valence-corrected chi connectivity index (χ1v) is 11.7. The number of hydrogen-bond acceptors (Lipinski definition) is 3. The van der Waals surface area contributed by atoms with Crippen molar-refractivity contribution in [2.75, 3.05) is 7.11 Å². The van der Waals surface area contributed by atoms with E-state index < -0.39 is 0 Å². The summed E-state index contributed by atoms with van der Waals surface area (Å²) in [5.41, 5.74) is -0.220. The molecule has 5 aliphatic carbocycles.